The van der Waals surface area contributed by atoms with Crippen LogP contribution in [0.5, 0.6) is 0 Å². The number of hydrogen-bond acceptors (Lipinski definition) is 5. The molecule has 2 aliphatic rings. The van der Waals surface area contributed by atoms with Crippen LogP contribution in [0, 0.1) is 6.92 Å². The minimum atomic E-state index is -0.136. The molecule has 1 saturated heterocycles. The van der Waals surface area contributed by atoms with Crippen molar-refractivity contribution in [3.8, 4) is 0 Å². The Morgan fingerprint density at radius 1 is 1.03 bits per heavy atom. The predicted octanol–water partition coefficient (Wildman–Crippen LogP) is 3.82. The molecule has 160 valence electrons. The molecule has 0 radical (unpaired) electrons. The van der Waals surface area contributed by atoms with Gasteiger partial charge in [-0.2, -0.15) is 0 Å². The Morgan fingerprint density at radius 2 is 1.84 bits per heavy atom. The van der Waals surface area contributed by atoms with Crippen LogP contribution in [0.2, 0.25) is 0 Å². The second-order valence-electron chi connectivity index (χ2n) is 8.93. The Balaban J connectivity index is 1.40. The number of carbonyl (C=O) groups excluding carboxylic acids is 1. The number of rotatable bonds is 4. The Bertz CT molecular complexity index is 1120. The Morgan fingerprint density at radius 3 is 2.58 bits per heavy atom. The van der Waals surface area contributed by atoms with E-state index in [1.807, 2.05) is 30.3 Å². The molecular formula is C25H29N5O. The Hall–Kier alpha value is -2.83. The number of amides is 1. The maximum absolute atomic E-state index is 12.9. The number of piperazine rings is 1. The van der Waals surface area contributed by atoms with E-state index in [2.05, 4.69) is 40.1 Å². The van der Waals surface area contributed by atoms with E-state index in [4.69, 9.17) is 4.98 Å². The molecule has 1 amide bonds. The second-order valence-corrected chi connectivity index (χ2v) is 8.93. The first-order valence-electron chi connectivity index (χ1n) is 11.1. The smallest absolute Gasteiger partial charge is 0.256 e. The summed E-state index contributed by atoms with van der Waals surface area (Å²) in [6.45, 7) is 6.46. The van der Waals surface area contributed by atoms with Crippen LogP contribution >= 0.6 is 0 Å². The van der Waals surface area contributed by atoms with Crippen molar-refractivity contribution < 1.29 is 4.79 Å². The molecule has 6 nitrogen and oxygen atoms in total. The Kier molecular flexibility index (Phi) is 5.20. The lowest BCUT2D eigenvalue weighted by Gasteiger charge is -2.52. The summed E-state index contributed by atoms with van der Waals surface area (Å²) in [6, 6.07) is 11.6. The van der Waals surface area contributed by atoms with E-state index in [9.17, 15) is 4.79 Å². The molecule has 0 atom stereocenters. The zero-order valence-corrected chi connectivity index (χ0v) is 18.3. The number of likely N-dealkylation sites (N-methyl/N-ethyl adjacent to an activating group) is 1. The maximum Gasteiger partial charge on any atom is 0.256 e. The van der Waals surface area contributed by atoms with Gasteiger partial charge in [0.1, 0.15) is 5.82 Å². The van der Waals surface area contributed by atoms with Gasteiger partial charge in [0, 0.05) is 49.5 Å². The van der Waals surface area contributed by atoms with Crippen molar-refractivity contribution in [2.24, 2.45) is 0 Å². The zero-order valence-electron chi connectivity index (χ0n) is 18.3. The van der Waals surface area contributed by atoms with Crippen molar-refractivity contribution in [2.45, 2.75) is 31.7 Å². The lowest BCUT2D eigenvalue weighted by atomic mass is 9.71. The van der Waals surface area contributed by atoms with E-state index in [1.165, 1.54) is 12.0 Å². The summed E-state index contributed by atoms with van der Waals surface area (Å²) in [5, 5.41) is 5.05. The van der Waals surface area contributed by atoms with Gasteiger partial charge in [-0.25, -0.2) is 4.98 Å². The van der Waals surface area contributed by atoms with Gasteiger partial charge in [-0.15, -0.1) is 0 Å². The number of carbonyl (C=O) groups is 1. The first kappa shape index (κ1) is 20.1. The molecule has 0 bridgehead atoms. The van der Waals surface area contributed by atoms with Gasteiger partial charge in [0.2, 0.25) is 0 Å². The number of nitrogens with zero attached hydrogens (tertiary/aromatic N) is 4. The molecule has 2 aromatic heterocycles. The number of hydrogen-bond donors (Lipinski definition) is 1. The van der Waals surface area contributed by atoms with Crippen molar-refractivity contribution in [3.63, 3.8) is 0 Å². The monoisotopic (exact) mass is 415 g/mol. The standard InChI is InChI=1S/C25H29N5O/c1-18-4-7-22(28-24(31)20-5-6-21-17-26-11-8-19(21)16-20)27-23(18)25(9-3-10-25)30-14-12-29(2)13-15-30/h4-8,11,16-17H,3,9-10,12-15H2,1-2H3,(H,27,28,31). The first-order valence-corrected chi connectivity index (χ1v) is 11.1. The van der Waals surface area contributed by atoms with Crippen LogP contribution in [0.1, 0.15) is 40.9 Å². The molecule has 1 saturated carbocycles. The molecule has 31 heavy (non-hydrogen) atoms. The third-order valence-corrected chi connectivity index (χ3v) is 6.97. The highest BCUT2D eigenvalue weighted by atomic mass is 16.1. The van der Waals surface area contributed by atoms with E-state index < -0.39 is 0 Å². The minimum absolute atomic E-state index is 0.0159. The number of nitrogens with one attached hydrogen (secondary N) is 1. The summed E-state index contributed by atoms with van der Waals surface area (Å²) >= 11 is 0. The zero-order chi connectivity index (χ0) is 21.4. The van der Waals surface area contributed by atoms with Gasteiger partial charge in [0.25, 0.3) is 5.91 Å². The lowest BCUT2D eigenvalue weighted by molar-refractivity contribution is -0.0214. The second kappa shape index (κ2) is 8.02. The van der Waals surface area contributed by atoms with Gasteiger partial charge in [-0.3, -0.25) is 14.7 Å². The van der Waals surface area contributed by atoms with Crippen molar-refractivity contribution >= 4 is 22.5 Å². The predicted molar refractivity (Wildman–Crippen MR) is 123 cm³/mol. The third-order valence-electron chi connectivity index (χ3n) is 6.97. The molecule has 6 heteroatoms. The third kappa shape index (κ3) is 3.70. The fourth-order valence-electron chi connectivity index (χ4n) is 4.93. The molecular weight excluding hydrogens is 386 g/mol. The average Bonchev–Trinajstić information content (AvgIpc) is 2.76. The highest BCUT2D eigenvalue weighted by Crippen LogP contribution is 2.47. The topological polar surface area (TPSA) is 61.4 Å². The maximum atomic E-state index is 12.9. The Labute approximate surface area is 183 Å². The summed E-state index contributed by atoms with van der Waals surface area (Å²) in [4.78, 5) is 27.1. The van der Waals surface area contributed by atoms with E-state index in [0.717, 1.165) is 55.5 Å². The number of aryl methyl sites for hydroxylation is 1. The molecule has 1 aliphatic heterocycles. The molecule has 3 aromatic rings. The molecule has 1 aliphatic carbocycles. The van der Waals surface area contributed by atoms with Crippen LogP contribution in [-0.2, 0) is 5.54 Å². The molecule has 5 rings (SSSR count). The highest BCUT2D eigenvalue weighted by molar-refractivity contribution is 6.06. The summed E-state index contributed by atoms with van der Waals surface area (Å²) < 4.78 is 0. The highest BCUT2D eigenvalue weighted by Gasteiger charge is 2.46. The van der Waals surface area contributed by atoms with Crippen LogP contribution in [0.25, 0.3) is 10.8 Å². The molecule has 3 heterocycles. The van der Waals surface area contributed by atoms with Gasteiger partial charge in [0.15, 0.2) is 0 Å². The lowest BCUT2D eigenvalue weighted by Crippen LogP contribution is -2.58. The van der Waals surface area contributed by atoms with Crippen molar-refractivity contribution in [1.29, 1.82) is 0 Å². The van der Waals surface area contributed by atoms with Crippen LogP contribution in [0.15, 0.2) is 48.8 Å². The molecule has 1 aromatic carbocycles. The van der Waals surface area contributed by atoms with E-state index in [-0.39, 0.29) is 11.4 Å². The molecule has 1 N–H and O–H groups in total. The van der Waals surface area contributed by atoms with Gasteiger partial charge < -0.3 is 10.2 Å². The van der Waals surface area contributed by atoms with Gasteiger partial charge in [-0.05, 0) is 68.4 Å². The summed E-state index contributed by atoms with van der Waals surface area (Å²) in [5.74, 6) is 0.490. The van der Waals surface area contributed by atoms with Crippen molar-refractivity contribution in [2.75, 3.05) is 38.5 Å². The number of fused-ring (bicyclic) bond motifs is 1. The molecule has 2 fully saturated rings. The van der Waals surface area contributed by atoms with Gasteiger partial charge >= 0.3 is 0 Å². The molecule has 0 spiro atoms. The summed E-state index contributed by atoms with van der Waals surface area (Å²) in [5.41, 5.74) is 2.97. The van der Waals surface area contributed by atoms with Crippen molar-refractivity contribution in [1.82, 2.24) is 19.8 Å². The number of aromatic nitrogens is 2. The SMILES string of the molecule is Cc1ccc(NC(=O)c2ccc3cnccc3c2)nc1C1(N2CCN(C)CC2)CCC1. The normalized spacial score (nSPS) is 19.2. The van der Waals surface area contributed by atoms with Crippen LogP contribution < -0.4 is 5.32 Å². The largest absolute Gasteiger partial charge is 0.307 e. The van der Waals surface area contributed by atoms with Crippen molar-refractivity contribution in [3.05, 3.63) is 65.6 Å². The fourth-order valence-corrected chi connectivity index (χ4v) is 4.93. The number of anilines is 1. The quantitative estimate of drug-likeness (QED) is 0.702. The van der Waals surface area contributed by atoms with Crippen LogP contribution in [0.4, 0.5) is 5.82 Å². The number of pyridine rings is 2. The number of benzene rings is 1. The molecule has 0 unspecified atom stereocenters. The van der Waals surface area contributed by atoms with Crippen LogP contribution in [-0.4, -0.2) is 58.9 Å². The summed E-state index contributed by atoms with van der Waals surface area (Å²) in [6.07, 6.45) is 7.06. The van der Waals surface area contributed by atoms with E-state index in [1.54, 1.807) is 12.4 Å². The fraction of sp³-hybridized carbons (Fsp3) is 0.400. The van der Waals surface area contributed by atoms with E-state index >= 15 is 0 Å². The minimum Gasteiger partial charge on any atom is -0.307 e. The van der Waals surface area contributed by atoms with Gasteiger partial charge in [0.05, 0.1) is 11.2 Å². The first-order chi connectivity index (χ1) is 15.0. The van der Waals surface area contributed by atoms with Gasteiger partial charge in [-0.1, -0.05) is 12.1 Å². The van der Waals surface area contributed by atoms with E-state index in [0.29, 0.717) is 11.4 Å². The average molecular weight is 416 g/mol. The van der Waals surface area contributed by atoms with Crippen LogP contribution in [0.3, 0.4) is 0 Å². The summed E-state index contributed by atoms with van der Waals surface area (Å²) in [7, 11) is 2.19.